The van der Waals surface area contributed by atoms with E-state index in [0.29, 0.717) is 0 Å². The summed E-state index contributed by atoms with van der Waals surface area (Å²) in [6.07, 6.45) is -3.93. The highest BCUT2D eigenvalue weighted by Gasteiger charge is 2.50. The lowest BCUT2D eigenvalue weighted by Crippen LogP contribution is -2.49. The molecule has 0 spiro atoms. The molecular weight excluding hydrogens is 532 g/mol. The maximum atomic E-state index is 13.7. The summed E-state index contributed by atoms with van der Waals surface area (Å²) in [5.74, 6) is -7.02. The van der Waals surface area contributed by atoms with E-state index in [1.165, 1.54) is 24.3 Å². The van der Waals surface area contributed by atoms with Crippen LogP contribution in [0.4, 0.5) is 0 Å². The fourth-order valence-electron chi connectivity index (χ4n) is 4.36. The number of hydrogen-bond donors (Lipinski definition) is 0. The van der Waals surface area contributed by atoms with Gasteiger partial charge >= 0.3 is 29.6 Å². The van der Waals surface area contributed by atoms with Crippen molar-refractivity contribution in [2.45, 2.75) is 57.6 Å². The van der Waals surface area contributed by atoms with E-state index in [1.54, 1.807) is 13.0 Å². The molecule has 4 atom stereocenters. The molecule has 14 nitrogen and oxygen atoms in total. The van der Waals surface area contributed by atoms with E-state index in [9.17, 15) is 33.6 Å². The van der Waals surface area contributed by atoms with Crippen LogP contribution in [0.5, 0.6) is 0 Å². The van der Waals surface area contributed by atoms with Crippen LogP contribution in [0, 0.1) is 0 Å². The number of esters is 4. The number of benzene rings is 1. The summed E-state index contributed by atoms with van der Waals surface area (Å²) in [5, 5.41) is 0. The predicted molar refractivity (Wildman–Crippen MR) is 133 cm³/mol. The van der Waals surface area contributed by atoms with Crippen molar-refractivity contribution in [3.05, 3.63) is 68.5 Å². The van der Waals surface area contributed by atoms with Crippen molar-refractivity contribution in [3.8, 4) is 0 Å². The van der Waals surface area contributed by atoms with Crippen LogP contribution in [-0.4, -0.2) is 71.5 Å². The molecule has 0 saturated carbocycles. The Balaban J connectivity index is 2.37. The summed E-state index contributed by atoms with van der Waals surface area (Å²) >= 11 is 0. The third kappa shape index (κ3) is 5.86. The minimum Gasteiger partial charge on any atom is -0.468 e. The maximum Gasteiger partial charge on any atom is 0.340 e. The Morgan fingerprint density at radius 3 is 1.95 bits per heavy atom. The van der Waals surface area contributed by atoms with Crippen molar-refractivity contribution in [1.29, 1.82) is 0 Å². The van der Waals surface area contributed by atoms with E-state index in [2.05, 4.69) is 9.47 Å². The number of hydrogen-bond acceptors (Lipinski definition) is 12. The summed E-state index contributed by atoms with van der Waals surface area (Å²) in [5.41, 5.74) is -3.25. The molecule has 0 N–H and O–H groups in total. The fourth-order valence-corrected chi connectivity index (χ4v) is 4.36. The third-order valence-electron chi connectivity index (χ3n) is 6.12. The molecule has 2 aromatic rings. The zero-order valence-electron chi connectivity index (χ0n) is 22.4. The van der Waals surface area contributed by atoms with Gasteiger partial charge in [-0.15, -0.1) is 0 Å². The SMILES string of the molecule is CC[C@H]1O[C@@H](n2cc(C(C(=O)OC)C(=O)OC)c(=O)n(C(=O)c3ccccc3)c2=O)[C@@H](OC(C)=O)C1OC(C)=O. The predicted octanol–water partition coefficient (Wildman–Crippen LogP) is 0.299. The van der Waals surface area contributed by atoms with Gasteiger partial charge in [0.05, 0.1) is 19.8 Å². The Labute approximate surface area is 227 Å². The monoisotopic (exact) mass is 560 g/mol. The largest absolute Gasteiger partial charge is 0.468 e. The van der Waals surface area contributed by atoms with Crippen LogP contribution in [0.3, 0.4) is 0 Å². The molecule has 1 fully saturated rings. The van der Waals surface area contributed by atoms with E-state index in [-0.39, 0.29) is 16.6 Å². The molecule has 2 heterocycles. The van der Waals surface area contributed by atoms with Crippen molar-refractivity contribution in [3.63, 3.8) is 0 Å². The van der Waals surface area contributed by atoms with E-state index < -0.39 is 77.1 Å². The number of methoxy groups -OCH3 is 2. The first-order valence-corrected chi connectivity index (χ1v) is 12.1. The Hall–Kier alpha value is -4.59. The number of carbonyl (C=O) groups excluding carboxylic acids is 5. The van der Waals surface area contributed by atoms with E-state index >= 15 is 0 Å². The van der Waals surface area contributed by atoms with Gasteiger partial charge in [-0.3, -0.25) is 33.3 Å². The molecule has 1 aliphatic rings. The van der Waals surface area contributed by atoms with Crippen molar-refractivity contribution in [2.75, 3.05) is 14.2 Å². The van der Waals surface area contributed by atoms with E-state index in [0.717, 1.165) is 38.8 Å². The molecule has 0 amide bonds. The van der Waals surface area contributed by atoms with Gasteiger partial charge in [-0.2, -0.15) is 4.57 Å². The molecule has 1 aliphatic heterocycles. The number of carbonyl (C=O) groups is 5. The van der Waals surface area contributed by atoms with Crippen LogP contribution >= 0.6 is 0 Å². The first-order valence-electron chi connectivity index (χ1n) is 12.1. The van der Waals surface area contributed by atoms with Crippen molar-refractivity contribution in [2.24, 2.45) is 0 Å². The van der Waals surface area contributed by atoms with Gasteiger partial charge in [0.15, 0.2) is 24.4 Å². The van der Waals surface area contributed by atoms with Gasteiger partial charge in [-0.1, -0.05) is 25.1 Å². The van der Waals surface area contributed by atoms with Gasteiger partial charge in [-0.05, 0) is 18.6 Å². The second-order valence-corrected chi connectivity index (χ2v) is 8.69. The lowest BCUT2D eigenvalue weighted by molar-refractivity contribution is -0.165. The number of nitrogens with zero attached hydrogens (tertiary/aromatic N) is 2. The molecule has 0 radical (unpaired) electrons. The second-order valence-electron chi connectivity index (χ2n) is 8.69. The zero-order chi connectivity index (χ0) is 29.7. The van der Waals surface area contributed by atoms with E-state index in [4.69, 9.17) is 14.2 Å². The summed E-state index contributed by atoms with van der Waals surface area (Å²) in [6.45, 7) is 3.90. The molecule has 40 heavy (non-hydrogen) atoms. The van der Waals surface area contributed by atoms with Gasteiger partial charge in [0.1, 0.15) is 6.10 Å². The van der Waals surface area contributed by atoms with Crippen molar-refractivity contribution >= 4 is 29.8 Å². The van der Waals surface area contributed by atoms with E-state index in [1.807, 2.05) is 0 Å². The Kier molecular flexibility index (Phi) is 9.37. The second kappa shape index (κ2) is 12.5. The Bertz CT molecular complexity index is 1410. The lowest BCUT2D eigenvalue weighted by atomic mass is 10.0. The average molecular weight is 561 g/mol. The minimum absolute atomic E-state index is 0.0637. The summed E-state index contributed by atoms with van der Waals surface area (Å²) in [4.78, 5) is 89.8. The number of aromatic nitrogens is 2. The minimum atomic E-state index is -2.00. The molecule has 1 saturated heterocycles. The normalized spacial score (nSPS) is 20.1. The third-order valence-corrected chi connectivity index (χ3v) is 6.12. The van der Waals surface area contributed by atoms with Gasteiger partial charge in [-0.25, -0.2) is 4.79 Å². The molecule has 1 aromatic carbocycles. The van der Waals surface area contributed by atoms with Crippen molar-refractivity contribution in [1.82, 2.24) is 9.13 Å². The molecule has 0 aliphatic carbocycles. The fraction of sp³-hybridized carbons (Fsp3) is 0.423. The molecule has 1 aromatic heterocycles. The van der Waals surface area contributed by atoms with Crippen LogP contribution in [0.25, 0.3) is 0 Å². The zero-order valence-corrected chi connectivity index (χ0v) is 22.4. The van der Waals surface area contributed by atoms with Gasteiger partial charge in [0.2, 0.25) is 0 Å². The van der Waals surface area contributed by atoms with Crippen molar-refractivity contribution < 1.29 is 47.7 Å². The molecule has 214 valence electrons. The quantitative estimate of drug-likeness (QED) is 0.246. The van der Waals surface area contributed by atoms with Crippen LogP contribution in [0.15, 0.2) is 46.1 Å². The van der Waals surface area contributed by atoms with Gasteiger partial charge in [0, 0.05) is 25.6 Å². The Morgan fingerprint density at radius 1 is 0.900 bits per heavy atom. The highest BCUT2D eigenvalue weighted by atomic mass is 16.6. The topological polar surface area (TPSA) is 175 Å². The summed E-state index contributed by atoms with van der Waals surface area (Å²) < 4.78 is 27.0. The molecule has 0 bridgehead atoms. The summed E-state index contributed by atoms with van der Waals surface area (Å²) in [6, 6.07) is 7.30. The van der Waals surface area contributed by atoms with Crippen LogP contribution < -0.4 is 11.2 Å². The summed E-state index contributed by atoms with van der Waals surface area (Å²) in [7, 11) is 1.93. The number of ether oxygens (including phenoxy) is 5. The molecule has 3 rings (SSSR count). The molecular formula is C26H28N2O12. The van der Waals surface area contributed by atoms with Crippen LogP contribution in [0.1, 0.15) is 55.3 Å². The molecule has 14 heteroatoms. The maximum absolute atomic E-state index is 13.7. The molecule has 1 unspecified atom stereocenters. The lowest BCUT2D eigenvalue weighted by Gasteiger charge is -2.25. The number of rotatable bonds is 8. The van der Waals surface area contributed by atoms with Crippen LogP contribution in [-0.2, 0) is 42.9 Å². The smallest absolute Gasteiger partial charge is 0.340 e. The van der Waals surface area contributed by atoms with Gasteiger partial charge in [0.25, 0.3) is 11.5 Å². The standard InChI is InChI=1S/C26H28N2O12/c1-6-17-19(38-13(2)29)20(39-14(3)30)23(40-17)27-12-16(18(24(33)36-4)25(34)37-5)22(32)28(26(27)35)21(31)15-10-8-7-9-11-15/h7-12,17-20,23H,6H2,1-5H3/t17-,19?,20+,23-/m1/s1. The first kappa shape index (κ1) is 30.0. The highest BCUT2D eigenvalue weighted by Crippen LogP contribution is 2.35. The average Bonchev–Trinajstić information content (AvgIpc) is 3.25. The van der Waals surface area contributed by atoms with Crippen LogP contribution in [0.2, 0.25) is 0 Å². The Morgan fingerprint density at radius 2 is 1.45 bits per heavy atom. The van der Waals surface area contributed by atoms with Gasteiger partial charge < -0.3 is 23.7 Å². The highest BCUT2D eigenvalue weighted by molar-refractivity contribution is 6.01. The first-order chi connectivity index (χ1) is 19.0.